The first-order valence-corrected chi connectivity index (χ1v) is 10.3. The van der Waals surface area contributed by atoms with E-state index in [0.717, 1.165) is 0 Å². The van der Waals surface area contributed by atoms with E-state index < -0.39 is 22.0 Å². The predicted molar refractivity (Wildman–Crippen MR) is 107 cm³/mol. The number of hydrogen-bond acceptors (Lipinski definition) is 6. The Hall–Kier alpha value is -3.11. The van der Waals surface area contributed by atoms with Crippen LogP contribution in [0.25, 0.3) is 0 Å². The third kappa shape index (κ3) is 6.77. The van der Waals surface area contributed by atoms with E-state index in [1.165, 1.54) is 38.1 Å². The summed E-state index contributed by atoms with van der Waals surface area (Å²) < 4.78 is 35.4. The first-order chi connectivity index (χ1) is 13.7. The van der Waals surface area contributed by atoms with E-state index in [4.69, 9.17) is 9.47 Å². The van der Waals surface area contributed by atoms with Crippen LogP contribution in [0.2, 0.25) is 0 Å². The number of hydrazine groups is 1. The number of benzene rings is 2. The van der Waals surface area contributed by atoms with Gasteiger partial charge in [0.15, 0.2) is 6.10 Å². The van der Waals surface area contributed by atoms with Crippen molar-refractivity contribution < 1.29 is 27.5 Å². The van der Waals surface area contributed by atoms with Gasteiger partial charge < -0.3 is 14.8 Å². The molecule has 0 aromatic heterocycles. The zero-order chi connectivity index (χ0) is 21.4. The van der Waals surface area contributed by atoms with Gasteiger partial charge >= 0.3 is 0 Å². The first-order valence-electron chi connectivity index (χ1n) is 8.80. The summed E-state index contributed by atoms with van der Waals surface area (Å²) in [5.41, 5.74) is 2.58. The van der Waals surface area contributed by atoms with E-state index in [0.29, 0.717) is 23.8 Å². The number of nitrogens with one attached hydrogen (secondary N) is 3. The van der Waals surface area contributed by atoms with Gasteiger partial charge in [-0.2, -0.15) is 0 Å². The zero-order valence-electron chi connectivity index (χ0n) is 16.3. The zero-order valence-corrected chi connectivity index (χ0v) is 17.1. The molecule has 1 unspecified atom stereocenters. The topological polar surface area (TPSA) is 123 Å². The normalized spacial score (nSPS) is 12.0. The summed E-state index contributed by atoms with van der Waals surface area (Å²) in [6.07, 6.45) is -0.946. The van der Waals surface area contributed by atoms with Gasteiger partial charge in [0, 0.05) is 12.6 Å². The number of anilines is 1. The molecule has 2 aromatic carbocycles. The molecule has 3 N–H and O–H groups in total. The maximum Gasteiger partial charge on any atom is 0.275 e. The van der Waals surface area contributed by atoms with Gasteiger partial charge in [-0.3, -0.25) is 15.0 Å². The molecule has 2 aromatic rings. The molecule has 0 aliphatic carbocycles. The van der Waals surface area contributed by atoms with Crippen LogP contribution in [-0.2, 0) is 19.6 Å². The van der Waals surface area contributed by atoms with Crippen LogP contribution in [0.15, 0.2) is 53.4 Å². The fourth-order valence-electron chi connectivity index (χ4n) is 2.24. The molecule has 9 nitrogen and oxygen atoms in total. The maximum absolute atomic E-state index is 12.3. The molecule has 2 rings (SSSR count). The molecule has 0 heterocycles. The number of sulfonamides is 1. The number of hydrogen-bond donors (Lipinski definition) is 3. The largest absolute Gasteiger partial charge is 0.494 e. The lowest BCUT2D eigenvalue weighted by molar-refractivity contribution is -0.127. The quantitative estimate of drug-likeness (QED) is 0.531. The molecule has 2 amide bonds. The Morgan fingerprint density at radius 1 is 1.00 bits per heavy atom. The lowest BCUT2D eigenvalue weighted by atomic mass is 10.3. The van der Waals surface area contributed by atoms with Crippen LogP contribution in [0.1, 0.15) is 20.8 Å². The fraction of sp³-hybridized carbons (Fsp3) is 0.263. The van der Waals surface area contributed by atoms with Crippen molar-refractivity contribution in [2.75, 3.05) is 11.9 Å². The standard InChI is InChI=1S/C19H23N3O6S/c1-4-27-16-7-9-17(10-8-16)28-13(2)19(24)21-22-29(25,26)18-11-5-15(6-12-18)20-14(3)23/h5-13,22H,4H2,1-3H3,(H,20,23)(H,21,24). The molecule has 0 spiro atoms. The minimum atomic E-state index is -3.99. The third-order valence-corrected chi connectivity index (χ3v) is 4.87. The molecule has 0 aliphatic heterocycles. The molecule has 10 heteroatoms. The number of rotatable bonds is 9. The van der Waals surface area contributed by atoms with Gasteiger partial charge in [0.05, 0.1) is 11.5 Å². The highest BCUT2D eigenvalue weighted by atomic mass is 32.2. The summed E-state index contributed by atoms with van der Waals surface area (Å²) in [7, 11) is -3.99. The number of amides is 2. The van der Waals surface area contributed by atoms with Crippen molar-refractivity contribution >= 4 is 27.5 Å². The summed E-state index contributed by atoms with van der Waals surface area (Å²) in [6.45, 7) is 5.24. The van der Waals surface area contributed by atoms with Crippen molar-refractivity contribution in [2.45, 2.75) is 31.8 Å². The summed E-state index contributed by atoms with van der Waals surface area (Å²) in [5, 5.41) is 2.53. The third-order valence-electron chi connectivity index (χ3n) is 3.61. The number of carbonyl (C=O) groups is 2. The van der Waals surface area contributed by atoms with Crippen LogP contribution >= 0.6 is 0 Å². The molecule has 29 heavy (non-hydrogen) atoms. The lowest BCUT2D eigenvalue weighted by Crippen LogP contribution is -2.47. The molecule has 0 saturated heterocycles. The van der Waals surface area contributed by atoms with Crippen LogP contribution in [0.5, 0.6) is 11.5 Å². The summed E-state index contributed by atoms with van der Waals surface area (Å²) in [4.78, 5) is 25.1. The van der Waals surface area contributed by atoms with Gasteiger partial charge in [-0.05, 0) is 62.4 Å². The van der Waals surface area contributed by atoms with Crippen LogP contribution < -0.4 is 25.0 Å². The van der Waals surface area contributed by atoms with Crippen molar-refractivity contribution in [3.05, 3.63) is 48.5 Å². The second-order valence-corrected chi connectivity index (χ2v) is 7.65. The second-order valence-electron chi connectivity index (χ2n) is 5.96. The van der Waals surface area contributed by atoms with Gasteiger partial charge in [0.25, 0.3) is 15.9 Å². The average molecular weight is 421 g/mol. The molecule has 1 atom stereocenters. The Labute approximate surface area is 169 Å². The van der Waals surface area contributed by atoms with Crippen LogP contribution in [-0.4, -0.2) is 32.9 Å². The van der Waals surface area contributed by atoms with Crippen molar-refractivity contribution in [1.82, 2.24) is 10.3 Å². The Bertz CT molecular complexity index is 943. The van der Waals surface area contributed by atoms with Crippen LogP contribution in [0.3, 0.4) is 0 Å². The lowest BCUT2D eigenvalue weighted by Gasteiger charge is -2.15. The molecular formula is C19H23N3O6S. The highest BCUT2D eigenvalue weighted by Crippen LogP contribution is 2.18. The van der Waals surface area contributed by atoms with Gasteiger partial charge in [-0.1, -0.05) is 0 Å². The van der Waals surface area contributed by atoms with Crippen molar-refractivity contribution in [3.8, 4) is 11.5 Å². The Kier molecular flexibility index (Phi) is 7.57. The maximum atomic E-state index is 12.3. The van der Waals surface area contributed by atoms with Crippen LogP contribution in [0.4, 0.5) is 5.69 Å². The number of carbonyl (C=O) groups excluding carboxylic acids is 2. The van der Waals surface area contributed by atoms with Gasteiger partial charge in [0.2, 0.25) is 5.91 Å². The summed E-state index contributed by atoms with van der Waals surface area (Å²) in [6, 6.07) is 12.2. The average Bonchev–Trinajstić information content (AvgIpc) is 2.68. The molecule has 0 bridgehead atoms. The molecule has 156 valence electrons. The minimum absolute atomic E-state index is 0.0769. The van der Waals surface area contributed by atoms with Crippen molar-refractivity contribution in [2.24, 2.45) is 0 Å². The molecule has 0 radical (unpaired) electrons. The van der Waals surface area contributed by atoms with Gasteiger partial charge in [0.1, 0.15) is 11.5 Å². The van der Waals surface area contributed by atoms with Crippen LogP contribution in [0, 0.1) is 0 Å². The van der Waals surface area contributed by atoms with Gasteiger partial charge in [-0.25, -0.2) is 8.42 Å². The van der Waals surface area contributed by atoms with E-state index in [2.05, 4.69) is 10.7 Å². The fourth-order valence-corrected chi connectivity index (χ4v) is 3.08. The predicted octanol–water partition coefficient (Wildman–Crippen LogP) is 1.82. The highest BCUT2D eigenvalue weighted by molar-refractivity contribution is 7.89. The molecule has 0 fully saturated rings. The first kappa shape index (κ1) is 22.2. The van der Waals surface area contributed by atoms with Crippen molar-refractivity contribution in [1.29, 1.82) is 0 Å². The van der Waals surface area contributed by atoms with E-state index in [1.54, 1.807) is 24.3 Å². The Morgan fingerprint density at radius 2 is 1.59 bits per heavy atom. The molecular weight excluding hydrogens is 398 g/mol. The SMILES string of the molecule is CCOc1ccc(OC(C)C(=O)NNS(=O)(=O)c2ccc(NC(C)=O)cc2)cc1. The highest BCUT2D eigenvalue weighted by Gasteiger charge is 2.19. The summed E-state index contributed by atoms with van der Waals surface area (Å²) >= 11 is 0. The monoisotopic (exact) mass is 421 g/mol. The smallest absolute Gasteiger partial charge is 0.275 e. The molecule has 0 aliphatic rings. The molecule has 0 saturated carbocycles. The summed E-state index contributed by atoms with van der Waals surface area (Å²) in [5.74, 6) is 0.173. The van der Waals surface area contributed by atoms with Gasteiger partial charge in [-0.15, -0.1) is 4.83 Å². The van der Waals surface area contributed by atoms with E-state index in [1.807, 2.05) is 11.8 Å². The number of ether oxygens (including phenoxy) is 2. The second kappa shape index (κ2) is 9.89. The minimum Gasteiger partial charge on any atom is -0.494 e. The van der Waals surface area contributed by atoms with E-state index in [-0.39, 0.29) is 10.8 Å². The Morgan fingerprint density at radius 3 is 2.14 bits per heavy atom. The van der Waals surface area contributed by atoms with Crippen molar-refractivity contribution in [3.63, 3.8) is 0 Å². The van der Waals surface area contributed by atoms with E-state index in [9.17, 15) is 18.0 Å². The Balaban J connectivity index is 1.91. The van der Waals surface area contributed by atoms with E-state index >= 15 is 0 Å².